The summed E-state index contributed by atoms with van der Waals surface area (Å²) in [5.41, 5.74) is 3.18. The molecule has 0 unspecified atom stereocenters. The van der Waals surface area contributed by atoms with Gasteiger partial charge < -0.3 is 10.4 Å². The molecule has 0 bridgehead atoms. The monoisotopic (exact) mass is 366 g/mol. The lowest BCUT2D eigenvalue weighted by molar-refractivity contribution is 0.287. The minimum Gasteiger partial charge on any atom is -0.396 e. The summed E-state index contributed by atoms with van der Waals surface area (Å²) in [4.78, 5) is 4.62. The predicted octanol–water partition coefficient (Wildman–Crippen LogP) is 3.91. The zero-order chi connectivity index (χ0) is 17.9. The summed E-state index contributed by atoms with van der Waals surface area (Å²) in [5, 5.41) is 17.8. The Labute approximate surface area is 157 Å². The van der Waals surface area contributed by atoms with E-state index < -0.39 is 0 Å². The Bertz CT molecular complexity index is 919. The number of hydrogen-bond acceptors (Lipinski definition) is 4. The average molecular weight is 367 g/mol. The van der Waals surface area contributed by atoms with Gasteiger partial charge in [0.25, 0.3) is 0 Å². The maximum atomic E-state index is 9.08. The van der Waals surface area contributed by atoms with Gasteiger partial charge in [0.2, 0.25) is 5.95 Å². The fourth-order valence-electron chi connectivity index (χ4n) is 3.06. The summed E-state index contributed by atoms with van der Waals surface area (Å²) in [6.45, 7) is 0.130. The van der Waals surface area contributed by atoms with E-state index in [-0.39, 0.29) is 12.6 Å². The van der Waals surface area contributed by atoms with E-state index in [0.29, 0.717) is 23.8 Å². The molecule has 5 nitrogen and oxygen atoms in total. The van der Waals surface area contributed by atoms with Crippen LogP contribution in [0.2, 0.25) is 5.02 Å². The van der Waals surface area contributed by atoms with Crippen LogP contribution in [0, 0.1) is 0 Å². The van der Waals surface area contributed by atoms with Gasteiger partial charge in [-0.3, -0.25) is 0 Å². The van der Waals surface area contributed by atoms with E-state index in [1.54, 1.807) is 0 Å². The Morgan fingerprint density at radius 1 is 1.08 bits per heavy atom. The Morgan fingerprint density at radius 2 is 1.85 bits per heavy atom. The van der Waals surface area contributed by atoms with Gasteiger partial charge in [0, 0.05) is 23.7 Å². The quantitative estimate of drug-likeness (QED) is 0.718. The Hall–Kier alpha value is -2.63. The predicted molar refractivity (Wildman–Crippen MR) is 103 cm³/mol. The van der Waals surface area contributed by atoms with Crippen molar-refractivity contribution in [3.05, 3.63) is 82.6 Å². The van der Waals surface area contributed by atoms with Gasteiger partial charge in [-0.05, 0) is 35.8 Å². The second-order valence-corrected chi connectivity index (χ2v) is 6.63. The molecule has 3 aromatic rings. The van der Waals surface area contributed by atoms with Crippen molar-refractivity contribution in [2.45, 2.75) is 18.9 Å². The molecule has 26 heavy (non-hydrogen) atoms. The molecule has 0 aliphatic carbocycles. The van der Waals surface area contributed by atoms with Crippen molar-refractivity contribution >= 4 is 23.2 Å². The molecule has 0 fully saturated rings. The number of nitrogens with one attached hydrogen (secondary N) is 1. The number of aliphatic hydroxyl groups excluding tert-OH is 1. The van der Waals surface area contributed by atoms with E-state index in [1.165, 1.54) is 0 Å². The molecule has 1 aliphatic rings. The van der Waals surface area contributed by atoms with E-state index in [2.05, 4.69) is 33.6 Å². The molecule has 1 atom stereocenters. The molecule has 0 radical (unpaired) electrons. The van der Waals surface area contributed by atoms with Crippen molar-refractivity contribution in [3.8, 4) is 0 Å². The van der Waals surface area contributed by atoms with Gasteiger partial charge in [0.05, 0.1) is 0 Å². The van der Waals surface area contributed by atoms with Crippen LogP contribution >= 0.6 is 11.6 Å². The van der Waals surface area contributed by atoms with Crippen molar-refractivity contribution in [2.24, 2.45) is 0 Å². The molecule has 2 heterocycles. The molecular formula is C20H19ClN4O. The van der Waals surface area contributed by atoms with Crippen LogP contribution in [-0.4, -0.2) is 26.5 Å². The first kappa shape index (κ1) is 16.8. The number of nitrogens with zero attached hydrogens (tertiary/aromatic N) is 3. The minimum atomic E-state index is -0.0749. The topological polar surface area (TPSA) is 63.0 Å². The lowest BCUT2D eigenvalue weighted by atomic mass is 10.0. The van der Waals surface area contributed by atoms with Crippen LogP contribution in [0.3, 0.4) is 0 Å². The van der Waals surface area contributed by atoms with Gasteiger partial charge >= 0.3 is 0 Å². The first-order valence-corrected chi connectivity index (χ1v) is 8.98. The first-order valence-electron chi connectivity index (χ1n) is 8.60. The molecule has 132 valence electrons. The molecule has 0 saturated heterocycles. The van der Waals surface area contributed by atoms with Crippen molar-refractivity contribution in [1.82, 2.24) is 14.8 Å². The molecule has 0 saturated carbocycles. The number of aliphatic hydroxyl groups is 1. The second-order valence-electron chi connectivity index (χ2n) is 6.19. The summed E-state index contributed by atoms with van der Waals surface area (Å²) in [7, 11) is 0. The third-order valence-corrected chi connectivity index (χ3v) is 4.62. The van der Waals surface area contributed by atoms with E-state index in [9.17, 15) is 0 Å². The number of aromatic nitrogens is 3. The van der Waals surface area contributed by atoms with Crippen molar-refractivity contribution < 1.29 is 5.11 Å². The highest BCUT2D eigenvalue weighted by Crippen LogP contribution is 2.33. The highest BCUT2D eigenvalue weighted by Gasteiger charge is 2.25. The normalized spacial score (nSPS) is 15.9. The zero-order valence-corrected chi connectivity index (χ0v) is 14.9. The van der Waals surface area contributed by atoms with Crippen LogP contribution in [-0.2, 0) is 6.42 Å². The second kappa shape index (κ2) is 7.32. The molecule has 1 aromatic heterocycles. The summed E-state index contributed by atoms with van der Waals surface area (Å²) in [6.07, 6.45) is 3.44. The lowest BCUT2D eigenvalue weighted by Gasteiger charge is -2.24. The SMILES string of the molecule is OCCCc1nc2n(n1)[C@H](c1ccc(Cl)cc1)C=C(c1ccccc1)N2. The van der Waals surface area contributed by atoms with E-state index in [1.807, 2.05) is 47.1 Å². The number of allylic oxidation sites excluding steroid dienone is 1. The van der Waals surface area contributed by atoms with Crippen LogP contribution in [0.15, 0.2) is 60.7 Å². The largest absolute Gasteiger partial charge is 0.396 e. The third-order valence-electron chi connectivity index (χ3n) is 4.36. The minimum absolute atomic E-state index is 0.0749. The molecule has 4 rings (SSSR count). The molecule has 1 aliphatic heterocycles. The Kier molecular flexibility index (Phi) is 4.73. The molecule has 2 aromatic carbocycles. The maximum Gasteiger partial charge on any atom is 0.226 e. The van der Waals surface area contributed by atoms with Crippen LogP contribution in [0.5, 0.6) is 0 Å². The number of anilines is 1. The summed E-state index contributed by atoms with van der Waals surface area (Å²) < 4.78 is 1.89. The standard InChI is InChI=1S/C20H19ClN4O/c21-16-10-8-15(9-11-16)18-13-17(14-5-2-1-3-6-14)22-20-23-19(7-4-12-26)24-25(18)20/h1-3,5-6,8-11,13,18,26H,4,7,12H2,(H,22,23,24)/t18-/m0/s1. The Morgan fingerprint density at radius 3 is 2.58 bits per heavy atom. The molecule has 0 spiro atoms. The number of halogens is 1. The molecule has 2 N–H and O–H groups in total. The smallest absolute Gasteiger partial charge is 0.226 e. The molecular weight excluding hydrogens is 348 g/mol. The van der Waals surface area contributed by atoms with Gasteiger partial charge in [-0.25, -0.2) is 4.68 Å². The van der Waals surface area contributed by atoms with Crippen molar-refractivity contribution in [3.63, 3.8) is 0 Å². The van der Waals surface area contributed by atoms with Gasteiger partial charge in [-0.2, -0.15) is 10.1 Å². The van der Waals surface area contributed by atoms with Gasteiger partial charge in [-0.15, -0.1) is 0 Å². The van der Waals surface area contributed by atoms with E-state index in [0.717, 1.165) is 22.6 Å². The number of rotatable bonds is 5. The van der Waals surface area contributed by atoms with E-state index >= 15 is 0 Å². The van der Waals surface area contributed by atoms with Gasteiger partial charge in [-0.1, -0.05) is 54.1 Å². The van der Waals surface area contributed by atoms with Crippen LogP contribution in [0.1, 0.15) is 29.4 Å². The molecule has 0 amide bonds. The average Bonchev–Trinajstić information content (AvgIpc) is 3.10. The highest BCUT2D eigenvalue weighted by molar-refractivity contribution is 6.30. The van der Waals surface area contributed by atoms with Crippen LogP contribution < -0.4 is 5.32 Å². The highest BCUT2D eigenvalue weighted by atomic mass is 35.5. The van der Waals surface area contributed by atoms with Crippen molar-refractivity contribution in [1.29, 1.82) is 0 Å². The fourth-order valence-corrected chi connectivity index (χ4v) is 3.19. The van der Waals surface area contributed by atoms with E-state index in [4.69, 9.17) is 16.7 Å². The fraction of sp³-hybridized carbons (Fsp3) is 0.200. The van der Waals surface area contributed by atoms with Crippen molar-refractivity contribution in [2.75, 3.05) is 11.9 Å². The third kappa shape index (κ3) is 3.36. The number of benzene rings is 2. The zero-order valence-electron chi connectivity index (χ0n) is 14.1. The summed E-state index contributed by atoms with van der Waals surface area (Å²) in [5.74, 6) is 1.43. The Balaban J connectivity index is 1.76. The number of hydrogen-bond donors (Lipinski definition) is 2. The lowest BCUT2D eigenvalue weighted by Crippen LogP contribution is -2.20. The van der Waals surface area contributed by atoms with Gasteiger partial charge in [0.1, 0.15) is 6.04 Å². The summed E-state index contributed by atoms with van der Waals surface area (Å²) >= 11 is 6.05. The number of fused-ring (bicyclic) bond motifs is 1. The maximum absolute atomic E-state index is 9.08. The van der Waals surface area contributed by atoms with Crippen LogP contribution in [0.25, 0.3) is 5.70 Å². The first-order chi connectivity index (χ1) is 12.7. The number of aryl methyl sites for hydroxylation is 1. The van der Waals surface area contributed by atoms with Crippen LogP contribution in [0.4, 0.5) is 5.95 Å². The van der Waals surface area contributed by atoms with Gasteiger partial charge in [0.15, 0.2) is 5.82 Å². The summed E-state index contributed by atoms with van der Waals surface area (Å²) in [6, 6.07) is 17.9. The molecule has 6 heteroatoms.